The first-order valence-electron chi connectivity index (χ1n) is 12.5. The van der Waals surface area contributed by atoms with E-state index in [0.717, 1.165) is 43.4 Å². The van der Waals surface area contributed by atoms with Gasteiger partial charge in [0, 0.05) is 35.3 Å². The average Bonchev–Trinajstić information content (AvgIpc) is 3.25. The van der Waals surface area contributed by atoms with E-state index in [0.29, 0.717) is 12.1 Å². The van der Waals surface area contributed by atoms with Crippen molar-refractivity contribution in [3.05, 3.63) is 65.5 Å². The Morgan fingerprint density at radius 3 is 2.68 bits per heavy atom. The van der Waals surface area contributed by atoms with Gasteiger partial charge in [0.05, 0.1) is 18.6 Å². The molecule has 2 aromatic heterocycles. The van der Waals surface area contributed by atoms with Crippen LogP contribution in [0.15, 0.2) is 48.8 Å². The maximum absolute atomic E-state index is 5.53. The fourth-order valence-electron chi connectivity index (χ4n) is 5.62. The van der Waals surface area contributed by atoms with Gasteiger partial charge < -0.3 is 10.1 Å². The van der Waals surface area contributed by atoms with Crippen molar-refractivity contribution in [3.63, 3.8) is 0 Å². The number of aryl methyl sites for hydroxylation is 1. The Hall–Kier alpha value is -2.54. The third-order valence-corrected chi connectivity index (χ3v) is 8.65. The van der Waals surface area contributed by atoms with E-state index in [1.54, 1.807) is 17.7 Å². The lowest BCUT2D eigenvalue weighted by molar-refractivity contribution is 0.00791. The summed E-state index contributed by atoms with van der Waals surface area (Å²) in [6.07, 6.45) is 7.55. The highest BCUT2D eigenvalue weighted by molar-refractivity contribution is 7.25. The lowest BCUT2D eigenvalue weighted by Gasteiger charge is -2.39. The zero-order valence-corrected chi connectivity index (χ0v) is 20.6. The fraction of sp³-hybridized carbons (Fsp3) is 0.429. The van der Waals surface area contributed by atoms with E-state index in [1.165, 1.54) is 57.8 Å². The predicted octanol–water partition coefficient (Wildman–Crippen LogP) is 5.80. The summed E-state index contributed by atoms with van der Waals surface area (Å²) in [6.45, 7) is 6.13. The Balaban J connectivity index is 1.21. The van der Waals surface area contributed by atoms with Gasteiger partial charge in [0.1, 0.15) is 17.0 Å². The summed E-state index contributed by atoms with van der Waals surface area (Å²) in [5.41, 5.74) is 4.08. The molecule has 5 nitrogen and oxygen atoms in total. The van der Waals surface area contributed by atoms with Gasteiger partial charge in [-0.1, -0.05) is 36.4 Å². The summed E-state index contributed by atoms with van der Waals surface area (Å²) in [7, 11) is 0. The van der Waals surface area contributed by atoms with Crippen molar-refractivity contribution < 1.29 is 4.74 Å². The molecule has 1 saturated heterocycles. The number of ether oxygens (including phenoxy) is 1. The average molecular weight is 473 g/mol. The van der Waals surface area contributed by atoms with Crippen molar-refractivity contribution in [2.45, 2.75) is 51.1 Å². The van der Waals surface area contributed by atoms with Crippen molar-refractivity contribution in [2.24, 2.45) is 0 Å². The summed E-state index contributed by atoms with van der Waals surface area (Å²) in [5.74, 6) is 0.998. The molecule has 0 atom stereocenters. The van der Waals surface area contributed by atoms with Crippen molar-refractivity contribution in [1.82, 2.24) is 14.9 Å². The minimum absolute atomic E-state index is 0.477. The van der Waals surface area contributed by atoms with Gasteiger partial charge in [0.15, 0.2) is 0 Å². The Morgan fingerprint density at radius 2 is 1.85 bits per heavy atom. The van der Waals surface area contributed by atoms with Crippen LogP contribution in [-0.2, 0) is 11.2 Å². The molecule has 0 spiro atoms. The molecule has 1 aliphatic carbocycles. The number of thiophene rings is 1. The van der Waals surface area contributed by atoms with Crippen LogP contribution < -0.4 is 5.32 Å². The smallest absolute Gasteiger partial charge is 0.139 e. The molecule has 176 valence electrons. The largest absolute Gasteiger partial charge is 0.379 e. The van der Waals surface area contributed by atoms with Crippen molar-refractivity contribution in [3.8, 4) is 0 Å². The van der Waals surface area contributed by atoms with Crippen LogP contribution in [0, 0.1) is 6.92 Å². The highest BCUT2D eigenvalue weighted by Crippen LogP contribution is 2.38. The topological polar surface area (TPSA) is 50.3 Å². The zero-order valence-electron chi connectivity index (χ0n) is 19.8. The minimum atomic E-state index is 0.477. The number of nitrogens with one attached hydrogen (secondary N) is 1. The third-order valence-electron chi connectivity index (χ3n) is 7.59. The first-order valence-corrected chi connectivity index (χ1v) is 13.4. The van der Waals surface area contributed by atoms with Crippen LogP contribution in [-0.4, -0.2) is 53.3 Å². The Morgan fingerprint density at radius 1 is 1.03 bits per heavy atom. The van der Waals surface area contributed by atoms with Gasteiger partial charge in [-0.3, -0.25) is 4.90 Å². The number of nitrogens with zero attached hydrogens (tertiary/aromatic N) is 3. The molecule has 34 heavy (non-hydrogen) atoms. The molecule has 1 N–H and O–H groups in total. The van der Waals surface area contributed by atoms with Crippen LogP contribution >= 0.6 is 11.3 Å². The molecule has 6 heteroatoms. The van der Waals surface area contributed by atoms with Crippen LogP contribution in [0.25, 0.3) is 20.3 Å². The summed E-state index contributed by atoms with van der Waals surface area (Å²) in [4.78, 5) is 13.0. The molecule has 2 fully saturated rings. The van der Waals surface area contributed by atoms with Crippen molar-refractivity contribution in [2.75, 3.05) is 31.6 Å². The highest BCUT2D eigenvalue weighted by atomic mass is 32.1. The number of hydrogen-bond acceptors (Lipinski definition) is 6. The van der Waals surface area contributed by atoms with E-state index in [1.807, 2.05) is 0 Å². The molecule has 1 saturated carbocycles. The quantitative estimate of drug-likeness (QED) is 0.398. The van der Waals surface area contributed by atoms with Crippen LogP contribution in [0.3, 0.4) is 0 Å². The van der Waals surface area contributed by atoms with Crippen molar-refractivity contribution in [1.29, 1.82) is 0 Å². The van der Waals surface area contributed by atoms with Gasteiger partial charge in [0.2, 0.25) is 0 Å². The van der Waals surface area contributed by atoms with Gasteiger partial charge in [-0.05, 0) is 61.8 Å². The first-order chi connectivity index (χ1) is 16.7. The van der Waals surface area contributed by atoms with Gasteiger partial charge in [0.25, 0.3) is 0 Å². The number of benzene rings is 2. The number of aromatic nitrogens is 2. The fourth-order valence-corrected chi connectivity index (χ4v) is 6.73. The molecule has 2 aromatic carbocycles. The second kappa shape index (κ2) is 9.61. The van der Waals surface area contributed by atoms with Crippen LogP contribution in [0.4, 0.5) is 5.82 Å². The lowest BCUT2D eigenvalue weighted by atomic mass is 9.90. The predicted molar refractivity (Wildman–Crippen MR) is 141 cm³/mol. The van der Waals surface area contributed by atoms with Crippen LogP contribution in [0.2, 0.25) is 0 Å². The molecule has 2 aliphatic rings. The monoisotopic (exact) mass is 472 g/mol. The van der Waals surface area contributed by atoms with E-state index in [2.05, 4.69) is 64.6 Å². The van der Waals surface area contributed by atoms with Gasteiger partial charge in [-0.15, -0.1) is 11.3 Å². The maximum atomic E-state index is 5.53. The van der Waals surface area contributed by atoms with Crippen LogP contribution in [0.5, 0.6) is 0 Å². The molecular weight excluding hydrogens is 440 g/mol. The standard InChI is InChI=1S/C28H32N4OS/c1-19-4-2-3-5-21(19)16-20-6-11-24-25(17-20)34-28-26(24)27(29-18-30-28)31-22-7-9-23(10-8-22)32-12-14-33-15-13-32/h2-6,11,17-18,22-23H,7-10,12-16H2,1H3,(H,29,30,31). The normalized spacial score (nSPS) is 21.8. The second-order valence-corrected chi connectivity index (χ2v) is 10.8. The van der Waals surface area contributed by atoms with E-state index < -0.39 is 0 Å². The Kier molecular flexibility index (Phi) is 6.20. The lowest BCUT2D eigenvalue weighted by Crippen LogP contribution is -2.46. The van der Waals surface area contributed by atoms with Crippen LogP contribution in [0.1, 0.15) is 42.4 Å². The molecule has 6 rings (SSSR count). The zero-order chi connectivity index (χ0) is 22.9. The molecule has 3 heterocycles. The van der Waals surface area contributed by atoms with E-state index in [4.69, 9.17) is 9.72 Å². The molecule has 4 aromatic rings. The number of rotatable bonds is 5. The Labute approximate surface area is 205 Å². The molecule has 0 bridgehead atoms. The van der Waals surface area contributed by atoms with E-state index in [-0.39, 0.29) is 0 Å². The number of morpholine rings is 1. The van der Waals surface area contributed by atoms with E-state index in [9.17, 15) is 0 Å². The summed E-state index contributed by atoms with van der Waals surface area (Å²) < 4.78 is 6.83. The highest BCUT2D eigenvalue weighted by Gasteiger charge is 2.27. The number of fused-ring (bicyclic) bond motifs is 3. The van der Waals surface area contributed by atoms with Gasteiger partial charge >= 0.3 is 0 Å². The SMILES string of the molecule is Cc1ccccc1Cc1ccc2c(c1)sc1ncnc(NC3CCC(N4CCOCC4)CC3)c12. The summed E-state index contributed by atoms with van der Waals surface area (Å²) in [5, 5.41) is 6.24. The van der Waals surface area contributed by atoms with Gasteiger partial charge in [-0.2, -0.15) is 0 Å². The molecular formula is C28H32N4OS. The Bertz CT molecular complexity index is 1290. The van der Waals surface area contributed by atoms with Crippen molar-refractivity contribution >= 4 is 37.5 Å². The summed E-state index contributed by atoms with van der Waals surface area (Å²) in [6, 6.07) is 16.7. The molecule has 0 amide bonds. The first kappa shape index (κ1) is 22.0. The van der Waals surface area contributed by atoms with E-state index >= 15 is 0 Å². The molecule has 0 radical (unpaired) electrons. The maximum Gasteiger partial charge on any atom is 0.139 e. The summed E-state index contributed by atoms with van der Waals surface area (Å²) >= 11 is 1.78. The number of hydrogen-bond donors (Lipinski definition) is 1. The van der Waals surface area contributed by atoms with Gasteiger partial charge in [-0.25, -0.2) is 9.97 Å². The molecule has 0 unspecified atom stereocenters. The number of anilines is 1. The second-order valence-electron chi connectivity index (χ2n) is 9.74. The third kappa shape index (κ3) is 4.42. The molecule has 1 aliphatic heterocycles. The minimum Gasteiger partial charge on any atom is -0.379 e.